The zero-order valence-electron chi connectivity index (χ0n) is 25.3. The average molecular weight is 635 g/mol. The predicted molar refractivity (Wildman–Crippen MR) is 141 cm³/mol. The summed E-state index contributed by atoms with van der Waals surface area (Å²) >= 11 is 0. The molecule has 0 spiro atoms. The summed E-state index contributed by atoms with van der Waals surface area (Å²) < 4.78 is 140. The van der Waals surface area contributed by atoms with Crippen molar-refractivity contribution in [2.75, 3.05) is 40.5 Å². The first-order valence-electron chi connectivity index (χ1n) is 15.4. The maximum Gasteiger partial charge on any atom is 0.435 e. The first-order valence-corrected chi connectivity index (χ1v) is 14.6. The molecule has 3 unspecified atom stereocenters. The van der Waals surface area contributed by atoms with Crippen LogP contribution in [0.5, 0.6) is 5.75 Å². The smallest absolute Gasteiger partial charge is 0.435 e. The van der Waals surface area contributed by atoms with Crippen molar-refractivity contribution in [2.45, 2.75) is 94.4 Å². The molecule has 3 aliphatic carbocycles. The van der Waals surface area contributed by atoms with Crippen molar-refractivity contribution in [1.82, 2.24) is 4.90 Å². The molecule has 0 aliphatic heterocycles. The molecular weight excluding hydrogens is 593 g/mol. The third-order valence-electron chi connectivity index (χ3n) is 10.1. The van der Waals surface area contributed by atoms with E-state index in [0.29, 0.717) is 37.4 Å². The van der Waals surface area contributed by atoms with Crippen LogP contribution in [0.4, 0.5) is 39.5 Å². The number of fused-ring (bicyclic) bond motifs is 5. The molecule has 2 fully saturated rings. The third kappa shape index (κ3) is 6.36. The van der Waals surface area contributed by atoms with Gasteiger partial charge in [0, 0.05) is 39.3 Å². The monoisotopic (exact) mass is 634 g/mol. The van der Waals surface area contributed by atoms with E-state index in [1.54, 1.807) is 7.05 Å². The summed E-state index contributed by atoms with van der Waals surface area (Å²) in [5.74, 6) is 1.99. The van der Waals surface area contributed by atoms with Gasteiger partial charge in [-0.05, 0) is 98.4 Å². The van der Waals surface area contributed by atoms with E-state index < -0.39 is 37.2 Å². The van der Waals surface area contributed by atoms with Crippen molar-refractivity contribution >= 4 is 0 Å². The van der Waals surface area contributed by atoms with Gasteiger partial charge >= 0.3 is 24.1 Å². The molecule has 0 saturated heterocycles. The Morgan fingerprint density at radius 1 is 0.907 bits per heavy atom. The first-order chi connectivity index (χ1) is 20.5. The van der Waals surface area contributed by atoms with Crippen LogP contribution in [0.25, 0.3) is 0 Å². The van der Waals surface area contributed by atoms with Gasteiger partial charge in [0.25, 0.3) is 0 Å². The second kappa shape index (κ2) is 12.6. The number of hydrogen-bond acceptors (Lipinski definition) is 4. The van der Waals surface area contributed by atoms with Crippen LogP contribution < -0.4 is 4.74 Å². The highest BCUT2D eigenvalue weighted by Gasteiger charge is 2.85. The second-order valence-electron chi connectivity index (χ2n) is 12.4. The summed E-state index contributed by atoms with van der Waals surface area (Å²) in [6.07, 6.45) is -14.4. The van der Waals surface area contributed by atoms with Crippen LogP contribution in [-0.2, 0) is 15.9 Å². The Morgan fingerprint density at radius 2 is 1.60 bits per heavy atom. The average Bonchev–Trinajstić information content (AvgIpc) is 3.27. The number of halogens is 9. The van der Waals surface area contributed by atoms with Crippen LogP contribution in [0, 0.1) is 17.3 Å². The van der Waals surface area contributed by atoms with E-state index in [4.69, 9.17) is 10.8 Å². The van der Waals surface area contributed by atoms with Crippen LogP contribution in [0.1, 0.15) is 70.3 Å². The highest BCUT2D eigenvalue weighted by molar-refractivity contribution is 5.40. The van der Waals surface area contributed by atoms with Gasteiger partial charge in [-0.1, -0.05) is 13.0 Å². The van der Waals surface area contributed by atoms with Crippen molar-refractivity contribution in [2.24, 2.45) is 17.3 Å². The minimum absolute atomic E-state index is 0.00209. The minimum Gasteiger partial charge on any atom is -0.493 e. The summed E-state index contributed by atoms with van der Waals surface area (Å²) in [5, 5.41) is 0. The van der Waals surface area contributed by atoms with E-state index >= 15 is 0 Å². The van der Waals surface area contributed by atoms with E-state index in [1.807, 2.05) is 11.0 Å². The minimum atomic E-state index is -6.72. The third-order valence-corrected chi connectivity index (χ3v) is 10.1. The van der Waals surface area contributed by atoms with Crippen molar-refractivity contribution in [3.63, 3.8) is 0 Å². The predicted octanol–water partition coefficient (Wildman–Crippen LogP) is 8.09. The quantitative estimate of drug-likeness (QED) is 0.182. The number of hydrogen-bond donors (Lipinski definition) is 0. The number of rotatable bonds is 11. The van der Waals surface area contributed by atoms with E-state index in [9.17, 15) is 39.5 Å². The van der Waals surface area contributed by atoms with Gasteiger partial charge < -0.3 is 19.1 Å². The van der Waals surface area contributed by atoms with E-state index in [0.717, 1.165) is 44.3 Å². The lowest BCUT2D eigenvalue weighted by Crippen LogP contribution is -2.67. The summed E-state index contributed by atoms with van der Waals surface area (Å²) in [7, 11) is 1.65. The van der Waals surface area contributed by atoms with Gasteiger partial charge in [0.15, 0.2) is 0 Å². The molecule has 3 aliphatic rings. The molecule has 246 valence electrons. The van der Waals surface area contributed by atoms with Crippen LogP contribution in [0.3, 0.4) is 0 Å². The van der Waals surface area contributed by atoms with Gasteiger partial charge in [0.05, 0.1) is 7.98 Å². The van der Waals surface area contributed by atoms with Gasteiger partial charge in [0.2, 0.25) is 0 Å². The molecule has 43 heavy (non-hydrogen) atoms. The maximum atomic E-state index is 13.2. The lowest BCUT2D eigenvalue weighted by Gasteiger charge is -2.52. The molecule has 0 bridgehead atoms. The van der Waals surface area contributed by atoms with Crippen molar-refractivity contribution in [3.05, 3.63) is 29.3 Å². The van der Waals surface area contributed by atoms with Crippen LogP contribution in [-0.4, -0.2) is 75.6 Å². The van der Waals surface area contributed by atoms with Crippen LogP contribution >= 0.6 is 0 Å². The molecule has 5 atom stereocenters. The van der Waals surface area contributed by atoms with Gasteiger partial charge in [0.1, 0.15) is 5.75 Å². The normalized spacial score (nSPS) is 28.3. The number of alkyl halides is 9. The molecule has 0 radical (unpaired) electrons. The number of nitrogens with zero attached hydrogens (tertiary/aromatic N) is 1. The summed E-state index contributed by atoms with van der Waals surface area (Å²) in [6.45, 7) is 1.82. The highest BCUT2D eigenvalue weighted by atomic mass is 19.4. The summed E-state index contributed by atoms with van der Waals surface area (Å²) in [5.41, 5.74) is -3.76. The topological polar surface area (TPSA) is 30.9 Å². The van der Waals surface area contributed by atoms with Crippen LogP contribution in [0.15, 0.2) is 18.2 Å². The Hall–Kier alpha value is -1.73. The summed E-state index contributed by atoms with van der Waals surface area (Å²) in [6, 6.07) is 6.23. The standard InChI is InChI=1S/C30H40F9NO3/c1-26-13-12-22-21-9-7-20(42-16-5-15-41-3)18-19(21)6-8-23(22)24(26)10-11-25(26)40(2)14-4-17-43-27(28(31,32)33,29(34,35)36)30(37,38)39/h7,9,18,22-25H,4-6,8,10-17H2,1-3H3/t22?,23?,24?,25-,26-/m0/s1/i3D. The molecule has 0 heterocycles. The molecule has 0 aromatic heterocycles. The zero-order valence-corrected chi connectivity index (χ0v) is 24.3. The SMILES string of the molecule is [2H]COCCCOc1ccc2c(c1)CCC1C2CC[C@@]2(C)C1CC[C@@H]2N(C)CCCOC(C(F)(F)F)(C(F)(F)F)C(F)(F)F. The first kappa shape index (κ1) is 32.7. The number of aryl methyl sites for hydroxylation is 1. The van der Waals surface area contributed by atoms with Gasteiger partial charge in [-0.25, -0.2) is 0 Å². The Bertz CT molecular complexity index is 1080. The lowest BCUT2D eigenvalue weighted by atomic mass is 9.55. The van der Waals surface area contributed by atoms with E-state index in [-0.39, 0.29) is 25.1 Å². The molecule has 4 rings (SSSR count). The lowest BCUT2D eigenvalue weighted by molar-refractivity contribution is -0.457. The molecule has 2 saturated carbocycles. The summed E-state index contributed by atoms with van der Waals surface area (Å²) in [4.78, 5) is 1.87. The molecule has 1 aromatic rings. The van der Waals surface area contributed by atoms with Gasteiger partial charge in [-0.15, -0.1) is 0 Å². The fraction of sp³-hybridized carbons (Fsp3) is 0.800. The van der Waals surface area contributed by atoms with Gasteiger partial charge in [-0.3, -0.25) is 0 Å². The Balaban J connectivity index is 1.36. The number of ether oxygens (including phenoxy) is 3. The molecular formula is C30H40F9NO3. The van der Waals surface area contributed by atoms with Crippen molar-refractivity contribution in [1.29, 1.82) is 0 Å². The number of methoxy groups -OCH3 is 1. The molecule has 1 aromatic carbocycles. The largest absolute Gasteiger partial charge is 0.493 e. The molecule has 0 N–H and O–H groups in total. The second-order valence-corrected chi connectivity index (χ2v) is 12.4. The van der Waals surface area contributed by atoms with E-state index in [1.165, 1.54) is 11.1 Å². The van der Waals surface area contributed by atoms with Crippen LogP contribution in [0.2, 0.25) is 0 Å². The zero-order chi connectivity index (χ0) is 32.6. The Kier molecular flexibility index (Phi) is 9.55. The molecule has 13 heteroatoms. The highest BCUT2D eigenvalue weighted by Crippen LogP contribution is 2.62. The van der Waals surface area contributed by atoms with Crippen molar-refractivity contribution < 1.29 is 55.1 Å². The maximum absolute atomic E-state index is 13.2. The fourth-order valence-corrected chi connectivity index (χ4v) is 8.12. The van der Waals surface area contributed by atoms with E-state index in [2.05, 4.69) is 23.8 Å². The number of benzene rings is 1. The molecule has 0 amide bonds. The van der Waals surface area contributed by atoms with Gasteiger partial charge in [-0.2, -0.15) is 39.5 Å². The molecule has 4 nitrogen and oxygen atoms in total. The Morgan fingerprint density at radius 3 is 2.26 bits per heavy atom. The van der Waals surface area contributed by atoms with Crippen molar-refractivity contribution in [3.8, 4) is 5.75 Å². The fourth-order valence-electron chi connectivity index (χ4n) is 8.12. The Labute approximate surface area is 247 Å².